The van der Waals surface area contributed by atoms with Gasteiger partial charge in [0.15, 0.2) is 0 Å². The number of rotatable bonds is 8. The van der Waals surface area contributed by atoms with Crippen molar-refractivity contribution in [2.45, 2.75) is 138 Å². The second-order valence-electron chi connectivity index (χ2n) is 17.8. The number of alkyl carbamates (subject to hydrolysis) is 1. The number of carbonyl (C=O) groups excluding carboxylic acids is 4. The molecule has 14 nitrogen and oxygen atoms in total. The van der Waals surface area contributed by atoms with Crippen LogP contribution in [-0.4, -0.2) is 90.9 Å². The van der Waals surface area contributed by atoms with Crippen molar-refractivity contribution >= 4 is 44.7 Å². The standard InChI is InChI=1S/C43H55N5O9S/c1-55-37-30-14-7-8-16-33(30)44-39-31(37)15-4-2-3-10-26-13-9-17-35(26)57-42(52)45-36(27-11-5-6-12-27)40(50)48-24-28(56-39)22-34(48)38(49)46-43(23-32(43)25-18-19-25)41(51)47-58(53,54)29-20-21-29/h2,4,7-8,14,16,25-29,32,34-36H,3,5-6,9-13,15,17-24H2,1H3,(H,45,52)(H,46,49)(H,47,51)/b4-2+/t26-,28-,32+,34+,35-,36+,43-/m1/s1. The third-order valence-electron chi connectivity index (χ3n) is 13.8. The second kappa shape index (κ2) is 15.6. The molecule has 58 heavy (non-hydrogen) atoms. The Morgan fingerprint density at radius 3 is 2.47 bits per heavy atom. The van der Waals surface area contributed by atoms with E-state index in [-0.39, 0.29) is 42.7 Å². The molecule has 4 amide bonds. The van der Waals surface area contributed by atoms with Gasteiger partial charge in [-0.2, -0.15) is 0 Å². The van der Waals surface area contributed by atoms with Crippen LogP contribution in [0.4, 0.5) is 4.79 Å². The van der Waals surface area contributed by atoms with Gasteiger partial charge >= 0.3 is 6.09 Å². The molecule has 0 radical (unpaired) electrons. The number of benzene rings is 1. The number of nitrogens with one attached hydrogen (secondary N) is 3. The van der Waals surface area contributed by atoms with Gasteiger partial charge in [0.1, 0.15) is 35.6 Å². The first kappa shape index (κ1) is 39.1. The zero-order valence-electron chi connectivity index (χ0n) is 33.2. The highest BCUT2D eigenvalue weighted by atomic mass is 32.2. The summed E-state index contributed by atoms with van der Waals surface area (Å²) in [7, 11) is -2.24. The molecule has 9 rings (SSSR count). The van der Waals surface area contributed by atoms with Crippen molar-refractivity contribution in [3.8, 4) is 11.6 Å². The van der Waals surface area contributed by atoms with E-state index < -0.39 is 62.8 Å². The maximum absolute atomic E-state index is 15.0. The number of fused-ring (bicyclic) bond motifs is 5. The van der Waals surface area contributed by atoms with Crippen molar-refractivity contribution in [2.75, 3.05) is 13.7 Å². The number of amides is 4. The smallest absolute Gasteiger partial charge is 0.408 e. The summed E-state index contributed by atoms with van der Waals surface area (Å²) in [6, 6.07) is 5.67. The molecule has 7 aliphatic rings. The average Bonchev–Trinajstić information content (AvgIpc) is 4.17. The monoisotopic (exact) mass is 817 g/mol. The summed E-state index contributed by atoms with van der Waals surface area (Å²) in [5.41, 5.74) is 0.0347. The van der Waals surface area contributed by atoms with Crippen molar-refractivity contribution < 1.29 is 41.8 Å². The first-order valence-electron chi connectivity index (χ1n) is 21.5. The minimum absolute atomic E-state index is 0.0228. The number of para-hydroxylation sites is 1. The Morgan fingerprint density at radius 2 is 1.71 bits per heavy atom. The minimum Gasteiger partial charge on any atom is -0.496 e. The molecular formula is C43H55N5O9S. The van der Waals surface area contributed by atoms with Crippen LogP contribution in [0.1, 0.15) is 102 Å². The van der Waals surface area contributed by atoms with Gasteiger partial charge in [-0.05, 0) is 119 Å². The van der Waals surface area contributed by atoms with Gasteiger partial charge in [0.2, 0.25) is 27.7 Å². The van der Waals surface area contributed by atoms with Gasteiger partial charge in [-0.25, -0.2) is 18.2 Å². The van der Waals surface area contributed by atoms with E-state index in [1.165, 1.54) is 4.90 Å². The maximum atomic E-state index is 15.0. The van der Waals surface area contributed by atoms with Crippen LogP contribution in [0.25, 0.3) is 10.9 Å². The summed E-state index contributed by atoms with van der Waals surface area (Å²) in [5.74, 6) is -0.618. The fourth-order valence-corrected chi connectivity index (χ4v) is 11.7. The summed E-state index contributed by atoms with van der Waals surface area (Å²) in [6.07, 6.45) is 14.0. The largest absolute Gasteiger partial charge is 0.496 e. The zero-order chi connectivity index (χ0) is 40.2. The van der Waals surface area contributed by atoms with E-state index in [2.05, 4.69) is 27.5 Å². The molecule has 7 atom stereocenters. The van der Waals surface area contributed by atoms with E-state index in [4.69, 9.17) is 19.2 Å². The van der Waals surface area contributed by atoms with Crippen molar-refractivity contribution in [1.82, 2.24) is 25.2 Å². The van der Waals surface area contributed by atoms with Crippen LogP contribution in [-0.2, 0) is 35.6 Å². The van der Waals surface area contributed by atoms with Gasteiger partial charge in [-0.3, -0.25) is 19.1 Å². The van der Waals surface area contributed by atoms with Crippen LogP contribution >= 0.6 is 0 Å². The van der Waals surface area contributed by atoms with Gasteiger partial charge in [0, 0.05) is 11.8 Å². The molecule has 1 aromatic carbocycles. The molecule has 2 aliphatic heterocycles. The van der Waals surface area contributed by atoms with Gasteiger partial charge in [0.05, 0.1) is 30.0 Å². The van der Waals surface area contributed by atoms with Gasteiger partial charge in [0.25, 0.3) is 5.91 Å². The van der Waals surface area contributed by atoms with E-state index in [1.54, 1.807) is 7.11 Å². The van der Waals surface area contributed by atoms with Crippen molar-refractivity contribution in [3.63, 3.8) is 0 Å². The highest BCUT2D eigenvalue weighted by molar-refractivity contribution is 7.91. The van der Waals surface area contributed by atoms with E-state index in [0.29, 0.717) is 42.8 Å². The third-order valence-corrected chi connectivity index (χ3v) is 15.7. The molecule has 1 aromatic heterocycles. The SMILES string of the molecule is COc1c2c(nc3ccccc13)O[C@@H]1C[C@@H](C(=O)N[C@]3(C(=O)NS(=O)(=O)C4CC4)C[C@H]3C3CC3)N(C1)C(=O)[C@H](C1CCCC1)NC(=O)O[C@@H]1CCC[C@H]1CC/C=C/C2. The Kier molecular flexibility index (Phi) is 10.5. The summed E-state index contributed by atoms with van der Waals surface area (Å²) >= 11 is 0. The molecular weight excluding hydrogens is 763 g/mol. The lowest BCUT2D eigenvalue weighted by Gasteiger charge is -2.32. The van der Waals surface area contributed by atoms with Crippen molar-refractivity contribution in [1.29, 1.82) is 0 Å². The minimum atomic E-state index is -3.86. The molecule has 3 heterocycles. The molecule has 6 fully saturated rings. The number of sulfonamides is 1. The van der Waals surface area contributed by atoms with E-state index >= 15 is 0 Å². The Labute approximate surface area is 339 Å². The summed E-state index contributed by atoms with van der Waals surface area (Å²) in [5, 5.41) is 6.21. The van der Waals surface area contributed by atoms with Crippen LogP contribution in [0.2, 0.25) is 0 Å². The number of nitrogens with zero attached hydrogens (tertiary/aromatic N) is 2. The van der Waals surface area contributed by atoms with E-state index in [0.717, 1.165) is 81.6 Å². The summed E-state index contributed by atoms with van der Waals surface area (Å²) in [4.78, 5) is 63.6. The fraction of sp³-hybridized carbons (Fsp3) is 0.651. The number of carbonyl (C=O) groups is 4. The molecule has 0 unspecified atom stereocenters. The van der Waals surface area contributed by atoms with Gasteiger partial charge < -0.3 is 29.7 Å². The lowest BCUT2D eigenvalue weighted by molar-refractivity contribution is -0.142. The summed E-state index contributed by atoms with van der Waals surface area (Å²) < 4.78 is 47.0. The number of hydrogen-bond acceptors (Lipinski definition) is 10. The zero-order valence-corrected chi connectivity index (χ0v) is 34.0. The van der Waals surface area contributed by atoms with Crippen LogP contribution in [0.3, 0.4) is 0 Å². The highest BCUT2D eigenvalue weighted by Crippen LogP contribution is 2.57. The van der Waals surface area contributed by atoms with Gasteiger partial charge in [-0.15, -0.1) is 0 Å². The molecule has 5 aliphatic carbocycles. The Bertz CT molecular complexity index is 2100. The topological polar surface area (TPSA) is 182 Å². The Morgan fingerprint density at radius 1 is 0.931 bits per heavy atom. The average molecular weight is 818 g/mol. The Hall–Kier alpha value is -4.40. The first-order chi connectivity index (χ1) is 28.0. The quantitative estimate of drug-likeness (QED) is 0.312. The lowest BCUT2D eigenvalue weighted by Crippen LogP contribution is -2.59. The predicted molar refractivity (Wildman–Crippen MR) is 213 cm³/mol. The fourth-order valence-electron chi connectivity index (χ4n) is 10.3. The summed E-state index contributed by atoms with van der Waals surface area (Å²) in [6.45, 7) is 0.0228. The molecule has 2 bridgehead atoms. The number of aromatic nitrogens is 1. The molecule has 0 spiro atoms. The molecule has 2 aromatic rings. The van der Waals surface area contributed by atoms with Crippen LogP contribution in [0, 0.1) is 23.7 Å². The molecule has 3 N–H and O–H groups in total. The van der Waals surface area contributed by atoms with Gasteiger partial charge in [-0.1, -0.05) is 37.1 Å². The van der Waals surface area contributed by atoms with E-state index in [9.17, 15) is 27.6 Å². The number of ether oxygens (including phenoxy) is 3. The number of methoxy groups -OCH3 is 1. The predicted octanol–water partition coefficient (Wildman–Crippen LogP) is 4.83. The third kappa shape index (κ3) is 7.75. The molecule has 5 saturated carbocycles. The van der Waals surface area contributed by atoms with Crippen LogP contribution in [0.15, 0.2) is 36.4 Å². The second-order valence-corrected chi connectivity index (χ2v) is 19.7. The molecule has 312 valence electrons. The molecule has 15 heteroatoms. The van der Waals surface area contributed by atoms with Crippen LogP contribution in [0.5, 0.6) is 11.6 Å². The lowest BCUT2D eigenvalue weighted by atomic mass is 9.96. The van der Waals surface area contributed by atoms with Crippen molar-refractivity contribution in [3.05, 3.63) is 42.0 Å². The maximum Gasteiger partial charge on any atom is 0.408 e. The van der Waals surface area contributed by atoms with Crippen molar-refractivity contribution in [2.24, 2.45) is 23.7 Å². The number of allylic oxidation sites excluding steroid dienone is 2. The normalized spacial score (nSPS) is 32.5. The first-order valence-corrected chi connectivity index (χ1v) is 23.0. The van der Waals surface area contributed by atoms with Crippen LogP contribution < -0.4 is 24.8 Å². The highest BCUT2D eigenvalue weighted by Gasteiger charge is 2.67. The van der Waals surface area contributed by atoms with E-state index in [1.807, 2.05) is 24.3 Å². The molecule has 1 saturated heterocycles. The number of hydrogen-bond donors (Lipinski definition) is 3. The number of pyridine rings is 1. The Balaban J connectivity index is 1.07.